The minimum absolute atomic E-state index is 0.127. The summed E-state index contributed by atoms with van der Waals surface area (Å²) in [6.45, 7) is 1.97. The van der Waals surface area contributed by atoms with Gasteiger partial charge in [-0.15, -0.1) is 0 Å². The highest BCUT2D eigenvalue weighted by atomic mass is 16.3. The summed E-state index contributed by atoms with van der Waals surface area (Å²) in [5, 5.41) is 26.5. The molecule has 89 valence electrons. The first-order chi connectivity index (χ1) is 8.72. The summed E-state index contributed by atoms with van der Waals surface area (Å²) in [7, 11) is 2.77. The summed E-state index contributed by atoms with van der Waals surface area (Å²) >= 11 is 0. The van der Waals surface area contributed by atoms with Crippen molar-refractivity contribution in [1.82, 2.24) is 0 Å². The molecule has 0 amide bonds. The molecule has 18 heavy (non-hydrogen) atoms. The molecule has 6 heteroatoms. The molecule has 0 spiro atoms. The van der Waals surface area contributed by atoms with Crippen LogP contribution in [-0.4, -0.2) is 19.7 Å². The smallest absolute Gasteiger partial charge is 0.485 e. The summed E-state index contributed by atoms with van der Waals surface area (Å²) in [4.78, 5) is 0. The quantitative estimate of drug-likeness (QED) is 0.645. The van der Waals surface area contributed by atoms with Crippen LogP contribution in [0.5, 0.6) is 5.75 Å². The van der Waals surface area contributed by atoms with Gasteiger partial charge in [-0.25, -0.2) is 15.2 Å². The van der Waals surface area contributed by atoms with Gasteiger partial charge in [0.25, 0.3) is 0 Å². The van der Waals surface area contributed by atoms with E-state index in [1.807, 2.05) is 31.2 Å². The number of phenols is 1. The van der Waals surface area contributed by atoms with Gasteiger partial charge in [-0.05, 0) is 24.4 Å². The van der Waals surface area contributed by atoms with Crippen LogP contribution in [0, 0.1) is 6.92 Å². The van der Waals surface area contributed by atoms with Crippen molar-refractivity contribution in [1.29, 1.82) is 0 Å². The molecule has 0 bridgehead atoms. The van der Waals surface area contributed by atoms with Gasteiger partial charge >= 0.3 is 7.55 Å². The maximum atomic E-state index is 10.1. The molecule has 1 N–H and O–H groups in total. The fourth-order valence-corrected chi connectivity index (χ4v) is 1.65. The van der Waals surface area contributed by atoms with Crippen LogP contribution in [0.4, 0.5) is 5.69 Å². The fourth-order valence-electron chi connectivity index (χ4n) is 1.65. The van der Waals surface area contributed by atoms with Gasteiger partial charge in [0.15, 0.2) is 5.75 Å². The number of hydrogen-bond donors (Lipinski definition) is 1. The van der Waals surface area contributed by atoms with Crippen LogP contribution in [0.25, 0.3) is 10.8 Å². The van der Waals surface area contributed by atoms with Crippen molar-refractivity contribution in [3.05, 3.63) is 35.9 Å². The number of aromatic hydroxyl groups is 1. The monoisotopic (exact) mass is 239 g/mol. The molecule has 0 aliphatic rings. The van der Waals surface area contributed by atoms with Crippen molar-refractivity contribution >= 4 is 24.0 Å². The topological polar surface area (TPSA) is 69.7 Å². The van der Waals surface area contributed by atoms with Crippen LogP contribution in [0.15, 0.2) is 50.6 Å². The van der Waals surface area contributed by atoms with E-state index in [1.54, 1.807) is 13.1 Å². The summed E-state index contributed by atoms with van der Waals surface area (Å²) in [5.41, 5.74) is 1.49. The Bertz CT molecular complexity index is 625. The molecule has 0 aliphatic carbocycles. The molecular weight excluding hydrogens is 227 g/mol. The van der Waals surface area contributed by atoms with Crippen molar-refractivity contribution in [2.45, 2.75) is 6.92 Å². The van der Waals surface area contributed by atoms with Crippen LogP contribution in [-0.2, 0) is 0 Å². The normalized spacial score (nSPS) is 11.7. The van der Waals surface area contributed by atoms with Gasteiger partial charge < -0.3 is 5.11 Å². The number of phenolic OH excluding ortho intramolecular Hbond substituents is 1. The third-order valence-corrected chi connectivity index (χ3v) is 2.51. The summed E-state index contributed by atoms with van der Waals surface area (Å²) < 4.78 is 0. The van der Waals surface area contributed by atoms with Gasteiger partial charge in [-0.2, -0.15) is 5.11 Å². The van der Waals surface area contributed by atoms with Crippen molar-refractivity contribution in [3.63, 3.8) is 0 Å². The Morgan fingerprint density at radius 1 is 1.11 bits per heavy atom. The highest BCUT2D eigenvalue weighted by Gasteiger charge is 2.05. The maximum absolute atomic E-state index is 10.1. The van der Waals surface area contributed by atoms with E-state index in [0.29, 0.717) is 5.69 Å². The molecule has 1 radical (unpaired) electrons. The molecule has 0 aliphatic heterocycles. The molecule has 0 aromatic heterocycles. The molecule has 0 fully saturated rings. The molecule has 0 saturated heterocycles. The van der Waals surface area contributed by atoms with Gasteiger partial charge in [0, 0.05) is 12.4 Å². The number of nitrogens with zero attached hydrogens (tertiary/aromatic N) is 4. The zero-order valence-electron chi connectivity index (χ0n) is 10.2. The third-order valence-electron chi connectivity index (χ3n) is 2.51. The second-order valence-corrected chi connectivity index (χ2v) is 3.80. The van der Waals surface area contributed by atoms with E-state index < -0.39 is 0 Å². The van der Waals surface area contributed by atoms with E-state index in [0.717, 1.165) is 16.3 Å². The van der Waals surface area contributed by atoms with Crippen LogP contribution in [0.3, 0.4) is 0 Å². The highest BCUT2D eigenvalue weighted by molar-refractivity contribution is 6.29. The average Bonchev–Trinajstić information content (AvgIpc) is 2.38. The minimum atomic E-state index is 0.127. The van der Waals surface area contributed by atoms with Crippen LogP contribution in [0.1, 0.15) is 5.56 Å². The summed E-state index contributed by atoms with van der Waals surface area (Å²) in [6.07, 6.45) is 0. The number of aryl methyl sites for hydroxylation is 1. The van der Waals surface area contributed by atoms with Crippen molar-refractivity contribution < 1.29 is 5.11 Å². The molecule has 2 aromatic carbocycles. The summed E-state index contributed by atoms with van der Waals surface area (Å²) in [6, 6.07) is 9.48. The van der Waals surface area contributed by atoms with E-state index in [9.17, 15) is 5.11 Å². The Labute approximate surface area is 106 Å². The van der Waals surface area contributed by atoms with Crippen molar-refractivity contribution in [2.24, 2.45) is 20.3 Å². The van der Waals surface area contributed by atoms with Gasteiger partial charge in [-0.1, -0.05) is 23.8 Å². The predicted octanol–water partition coefficient (Wildman–Crippen LogP) is 3.55. The lowest BCUT2D eigenvalue weighted by atomic mass is 10.1. The first kappa shape index (κ1) is 12.2. The Morgan fingerprint density at radius 3 is 2.67 bits per heavy atom. The average molecular weight is 239 g/mol. The number of benzene rings is 2. The second-order valence-electron chi connectivity index (χ2n) is 3.80. The Kier molecular flexibility index (Phi) is 3.67. The minimum Gasteiger partial charge on any atom is -0.505 e. The lowest BCUT2D eigenvalue weighted by Crippen LogP contribution is -1.79. The van der Waals surface area contributed by atoms with E-state index in [2.05, 4.69) is 20.3 Å². The number of rotatable bonds is 3. The Balaban J connectivity index is 2.40. The third kappa shape index (κ3) is 2.53. The molecule has 0 unspecified atom stereocenters. The lowest BCUT2D eigenvalue weighted by molar-refractivity contribution is 0.482. The van der Waals surface area contributed by atoms with Crippen molar-refractivity contribution in [3.8, 4) is 5.75 Å². The molecule has 0 atom stereocenters. The van der Waals surface area contributed by atoms with Gasteiger partial charge in [0.2, 0.25) is 0 Å². The molecule has 5 nitrogen and oxygen atoms in total. The molecule has 2 rings (SSSR count). The van der Waals surface area contributed by atoms with Crippen LogP contribution < -0.4 is 0 Å². The molecule has 0 heterocycles. The fraction of sp³-hybridized carbons (Fsp3) is 0.167. The first-order valence-electron chi connectivity index (χ1n) is 5.46. The summed E-state index contributed by atoms with van der Waals surface area (Å²) in [5.74, 6) is 0.127. The molecule has 0 saturated carbocycles. The standard InChI is InChI=1S/C12H12BN4O/c1-8-3-4-9-5-6-11(12(18)10(9)7-8)15-17-13-16-14-2/h3-7,18H,1-2H3. The van der Waals surface area contributed by atoms with Gasteiger partial charge in [0.1, 0.15) is 5.69 Å². The zero-order chi connectivity index (χ0) is 13.0. The molecule has 2 aromatic rings. The SMILES string of the molecule is CN=N[B]N=Nc1ccc2ccc(C)cc2c1O. The van der Waals surface area contributed by atoms with Crippen LogP contribution in [0.2, 0.25) is 0 Å². The van der Waals surface area contributed by atoms with Gasteiger partial charge in [0.05, 0.1) is 0 Å². The van der Waals surface area contributed by atoms with Crippen molar-refractivity contribution in [2.75, 3.05) is 7.05 Å². The largest absolute Gasteiger partial charge is 0.505 e. The first-order valence-corrected chi connectivity index (χ1v) is 5.46. The van der Waals surface area contributed by atoms with E-state index in [4.69, 9.17) is 0 Å². The van der Waals surface area contributed by atoms with Gasteiger partial charge in [-0.3, -0.25) is 0 Å². The lowest BCUT2D eigenvalue weighted by Gasteiger charge is -2.04. The van der Waals surface area contributed by atoms with E-state index in [1.165, 1.54) is 7.55 Å². The second kappa shape index (κ2) is 5.40. The molecular formula is C12H12BN4O. The number of hydrogen-bond acceptors (Lipinski definition) is 5. The predicted molar refractivity (Wildman–Crippen MR) is 71.4 cm³/mol. The Hall–Kier alpha value is -2.24. The van der Waals surface area contributed by atoms with Crippen LogP contribution >= 0.6 is 0 Å². The highest BCUT2D eigenvalue weighted by Crippen LogP contribution is 2.35. The number of fused-ring (bicyclic) bond motifs is 1. The van der Waals surface area contributed by atoms with E-state index >= 15 is 0 Å². The Morgan fingerprint density at radius 2 is 1.89 bits per heavy atom. The maximum Gasteiger partial charge on any atom is 0.485 e. The zero-order valence-corrected chi connectivity index (χ0v) is 10.2. The van der Waals surface area contributed by atoms with E-state index in [-0.39, 0.29) is 5.75 Å².